The number of fused-ring (bicyclic) bond motifs is 1. The summed E-state index contributed by atoms with van der Waals surface area (Å²) in [6.07, 6.45) is 0. The van der Waals surface area contributed by atoms with E-state index in [4.69, 9.17) is 4.74 Å². The van der Waals surface area contributed by atoms with E-state index in [1.807, 2.05) is 13.8 Å². The summed E-state index contributed by atoms with van der Waals surface area (Å²) in [6, 6.07) is 2.83. The minimum absolute atomic E-state index is 0.107. The lowest BCUT2D eigenvalue weighted by atomic mass is 10.2. The van der Waals surface area contributed by atoms with Gasteiger partial charge in [-0.05, 0) is 19.9 Å². The molecule has 0 saturated carbocycles. The summed E-state index contributed by atoms with van der Waals surface area (Å²) < 4.78 is 5.21. The van der Waals surface area contributed by atoms with Crippen LogP contribution in [0.3, 0.4) is 0 Å². The number of carbonyl (C=O) groups is 1. The molecule has 1 aliphatic heterocycles. The number of nitro benzene ring substituents is 1. The van der Waals surface area contributed by atoms with E-state index >= 15 is 0 Å². The Hall–Kier alpha value is -2.68. The van der Waals surface area contributed by atoms with E-state index in [0.717, 1.165) is 15.6 Å². The second-order valence-electron chi connectivity index (χ2n) is 5.05. The van der Waals surface area contributed by atoms with Crippen LogP contribution in [0.1, 0.15) is 15.6 Å². The highest BCUT2D eigenvalue weighted by Gasteiger charge is 2.23. The maximum atomic E-state index is 11.4. The topological polar surface area (TPSA) is 106 Å². The monoisotopic (exact) mass is 334 g/mol. The van der Waals surface area contributed by atoms with E-state index in [9.17, 15) is 14.9 Å². The lowest BCUT2D eigenvalue weighted by Gasteiger charge is -2.19. The van der Waals surface area contributed by atoms with Crippen molar-refractivity contribution in [2.24, 2.45) is 0 Å². The molecule has 0 unspecified atom stereocenters. The van der Waals surface area contributed by atoms with Gasteiger partial charge in [-0.1, -0.05) is 0 Å². The van der Waals surface area contributed by atoms with E-state index < -0.39 is 4.92 Å². The minimum Gasteiger partial charge on any atom is -0.481 e. The first-order valence-corrected chi connectivity index (χ1v) is 7.67. The highest BCUT2D eigenvalue weighted by atomic mass is 32.1. The van der Waals surface area contributed by atoms with Gasteiger partial charge in [0.1, 0.15) is 5.69 Å². The van der Waals surface area contributed by atoms with Crippen molar-refractivity contribution in [3.05, 3.63) is 37.8 Å². The number of ether oxygens (including phenoxy) is 1. The molecule has 1 aromatic heterocycles. The van der Waals surface area contributed by atoms with Crippen molar-refractivity contribution in [3.8, 4) is 5.75 Å². The lowest BCUT2D eigenvalue weighted by molar-refractivity contribution is -0.384. The molecule has 1 aromatic carbocycles. The quantitative estimate of drug-likeness (QED) is 0.657. The number of hydrogen-bond donors (Lipinski definition) is 2. The van der Waals surface area contributed by atoms with Crippen LogP contribution in [0.4, 0.5) is 17.1 Å². The number of thiazole rings is 1. The van der Waals surface area contributed by atoms with E-state index in [1.165, 1.54) is 12.1 Å². The molecular weight excluding hydrogens is 320 g/mol. The molecular formula is C14H14N4O4S. The Morgan fingerprint density at radius 3 is 2.91 bits per heavy atom. The molecule has 0 radical (unpaired) electrons. The summed E-state index contributed by atoms with van der Waals surface area (Å²) in [4.78, 5) is 27.6. The third-order valence-electron chi connectivity index (χ3n) is 3.37. The Labute approximate surface area is 135 Å². The highest BCUT2D eigenvalue weighted by molar-refractivity contribution is 7.11. The number of rotatable bonds is 4. The van der Waals surface area contributed by atoms with Crippen LogP contribution in [0.5, 0.6) is 5.75 Å². The molecule has 2 heterocycles. The molecule has 9 heteroatoms. The zero-order valence-corrected chi connectivity index (χ0v) is 13.3. The van der Waals surface area contributed by atoms with Crippen molar-refractivity contribution in [3.63, 3.8) is 0 Å². The third kappa shape index (κ3) is 3.09. The van der Waals surface area contributed by atoms with Gasteiger partial charge in [-0.3, -0.25) is 14.9 Å². The normalized spacial score (nSPS) is 13.0. The van der Waals surface area contributed by atoms with Crippen molar-refractivity contribution in [1.82, 2.24) is 4.98 Å². The zero-order valence-electron chi connectivity index (χ0n) is 12.5. The first-order chi connectivity index (χ1) is 10.9. The van der Waals surface area contributed by atoms with Gasteiger partial charge < -0.3 is 15.4 Å². The Morgan fingerprint density at radius 1 is 1.48 bits per heavy atom. The SMILES string of the molecule is Cc1nc(CNc2cc3c(cc2[N+](=O)[O-])OCC(=O)N3)c(C)s1. The lowest BCUT2D eigenvalue weighted by Crippen LogP contribution is -2.25. The van der Waals surface area contributed by atoms with Crippen molar-refractivity contribution < 1.29 is 14.5 Å². The van der Waals surface area contributed by atoms with Crippen molar-refractivity contribution in [2.75, 3.05) is 17.2 Å². The van der Waals surface area contributed by atoms with Crippen LogP contribution in [0.25, 0.3) is 0 Å². The number of amides is 1. The number of aryl methyl sites for hydroxylation is 2. The van der Waals surface area contributed by atoms with Crippen LogP contribution in [0.15, 0.2) is 12.1 Å². The molecule has 0 bridgehead atoms. The van der Waals surface area contributed by atoms with E-state index in [1.54, 1.807) is 11.3 Å². The fourth-order valence-electron chi connectivity index (χ4n) is 2.32. The van der Waals surface area contributed by atoms with Gasteiger partial charge in [-0.2, -0.15) is 0 Å². The van der Waals surface area contributed by atoms with Gasteiger partial charge in [0.05, 0.1) is 33.9 Å². The van der Waals surface area contributed by atoms with Gasteiger partial charge in [0.15, 0.2) is 12.4 Å². The standard InChI is InChI=1S/C14H14N4O4S/c1-7-11(16-8(2)23-7)5-15-9-3-10-13(4-12(9)18(20)21)22-6-14(19)17-10/h3-4,15H,5-6H2,1-2H3,(H,17,19). The fraction of sp³-hybridized carbons (Fsp3) is 0.286. The molecule has 0 fully saturated rings. The number of nitrogens with zero attached hydrogens (tertiary/aromatic N) is 2. The average Bonchev–Trinajstić information content (AvgIpc) is 2.81. The Bertz CT molecular complexity index is 802. The van der Waals surface area contributed by atoms with Crippen molar-refractivity contribution in [1.29, 1.82) is 0 Å². The van der Waals surface area contributed by atoms with Gasteiger partial charge >= 0.3 is 0 Å². The molecule has 120 valence electrons. The molecule has 2 N–H and O–H groups in total. The maximum Gasteiger partial charge on any atom is 0.296 e. The summed E-state index contributed by atoms with van der Waals surface area (Å²) in [5, 5.41) is 17.9. The second-order valence-corrected chi connectivity index (χ2v) is 6.46. The Kier molecular flexibility index (Phi) is 3.87. The molecule has 0 spiro atoms. The number of nitrogens with one attached hydrogen (secondary N) is 2. The van der Waals surface area contributed by atoms with Gasteiger partial charge in [0.2, 0.25) is 0 Å². The molecule has 1 amide bonds. The summed E-state index contributed by atoms with van der Waals surface area (Å²) >= 11 is 1.58. The number of hydrogen-bond acceptors (Lipinski definition) is 7. The third-order valence-corrected chi connectivity index (χ3v) is 4.30. The second kappa shape index (κ2) is 5.84. The molecule has 0 aliphatic carbocycles. The van der Waals surface area contributed by atoms with Crippen molar-refractivity contribution in [2.45, 2.75) is 20.4 Å². The van der Waals surface area contributed by atoms with Crippen LogP contribution < -0.4 is 15.4 Å². The minimum atomic E-state index is -0.485. The first kappa shape index (κ1) is 15.2. The number of nitro groups is 1. The van der Waals surface area contributed by atoms with Crippen LogP contribution in [-0.2, 0) is 11.3 Å². The van der Waals surface area contributed by atoms with Crippen LogP contribution >= 0.6 is 11.3 Å². The van der Waals surface area contributed by atoms with Gasteiger partial charge in [-0.15, -0.1) is 11.3 Å². The Balaban J connectivity index is 1.90. The van der Waals surface area contributed by atoms with Gasteiger partial charge in [0.25, 0.3) is 11.6 Å². The van der Waals surface area contributed by atoms with Crippen LogP contribution in [0, 0.1) is 24.0 Å². The smallest absolute Gasteiger partial charge is 0.296 e. The maximum absolute atomic E-state index is 11.4. The molecule has 8 nitrogen and oxygen atoms in total. The van der Waals surface area contributed by atoms with E-state index in [2.05, 4.69) is 15.6 Å². The molecule has 0 atom stereocenters. The Morgan fingerprint density at radius 2 is 2.26 bits per heavy atom. The molecule has 3 rings (SSSR count). The molecule has 2 aromatic rings. The number of aromatic nitrogens is 1. The predicted octanol–water partition coefficient (Wildman–Crippen LogP) is 2.61. The van der Waals surface area contributed by atoms with Crippen LogP contribution in [-0.4, -0.2) is 22.4 Å². The van der Waals surface area contributed by atoms with E-state index in [-0.39, 0.29) is 18.2 Å². The van der Waals surface area contributed by atoms with Crippen LogP contribution in [0.2, 0.25) is 0 Å². The summed E-state index contributed by atoms with van der Waals surface area (Å²) in [7, 11) is 0. The predicted molar refractivity (Wildman–Crippen MR) is 86.1 cm³/mol. The number of benzene rings is 1. The average molecular weight is 334 g/mol. The molecule has 1 aliphatic rings. The molecule has 0 saturated heterocycles. The summed E-state index contributed by atoms with van der Waals surface area (Å²) in [5.74, 6) is 0.00538. The zero-order chi connectivity index (χ0) is 16.6. The summed E-state index contributed by atoms with van der Waals surface area (Å²) in [6.45, 7) is 4.09. The van der Waals surface area contributed by atoms with Crippen molar-refractivity contribution >= 4 is 34.3 Å². The van der Waals surface area contributed by atoms with Gasteiger partial charge in [0, 0.05) is 4.88 Å². The molecule has 23 heavy (non-hydrogen) atoms. The fourth-order valence-corrected chi connectivity index (χ4v) is 3.16. The largest absolute Gasteiger partial charge is 0.481 e. The number of carbonyl (C=O) groups excluding carboxylic acids is 1. The summed E-state index contributed by atoms with van der Waals surface area (Å²) in [5.41, 5.74) is 1.47. The number of anilines is 2. The first-order valence-electron chi connectivity index (χ1n) is 6.86. The van der Waals surface area contributed by atoms with Gasteiger partial charge in [-0.25, -0.2) is 4.98 Å². The highest BCUT2D eigenvalue weighted by Crippen LogP contribution is 2.38. The van der Waals surface area contributed by atoms with E-state index in [0.29, 0.717) is 23.7 Å².